The largest absolute Gasteiger partial charge is 0.497 e. The molecule has 0 heterocycles. The molecule has 2 aromatic rings. The number of aryl methyl sites for hydroxylation is 1. The highest BCUT2D eigenvalue weighted by Gasteiger charge is 2.17. The van der Waals surface area contributed by atoms with Crippen LogP contribution >= 0.6 is 11.6 Å². The van der Waals surface area contributed by atoms with E-state index in [-0.39, 0.29) is 16.4 Å². The zero-order valence-corrected chi connectivity index (χ0v) is 11.3. The summed E-state index contributed by atoms with van der Waals surface area (Å²) in [6.07, 6.45) is 0. The Balaban J connectivity index is 2.47. The summed E-state index contributed by atoms with van der Waals surface area (Å²) in [6.45, 7) is 1.78. The Kier molecular flexibility index (Phi) is 3.86. The first kappa shape index (κ1) is 13.6. The van der Waals surface area contributed by atoms with Crippen molar-refractivity contribution in [3.05, 3.63) is 63.9 Å². The highest BCUT2D eigenvalue weighted by molar-refractivity contribution is 6.31. The van der Waals surface area contributed by atoms with Crippen molar-refractivity contribution in [2.24, 2.45) is 0 Å². The van der Waals surface area contributed by atoms with E-state index in [4.69, 9.17) is 16.3 Å². The van der Waals surface area contributed by atoms with E-state index in [1.807, 2.05) is 0 Å². The maximum absolute atomic E-state index is 13.8. The van der Waals surface area contributed by atoms with E-state index in [0.29, 0.717) is 11.3 Å². The van der Waals surface area contributed by atoms with Gasteiger partial charge < -0.3 is 4.74 Å². The van der Waals surface area contributed by atoms with Crippen molar-refractivity contribution in [2.75, 3.05) is 7.11 Å². The van der Waals surface area contributed by atoms with Crippen LogP contribution in [0.3, 0.4) is 0 Å². The van der Waals surface area contributed by atoms with Gasteiger partial charge in [0.05, 0.1) is 17.7 Å². The summed E-state index contributed by atoms with van der Waals surface area (Å²) in [6, 6.07) is 9.41. The molecule has 2 rings (SSSR count). The van der Waals surface area contributed by atoms with Crippen LogP contribution in [0.1, 0.15) is 21.5 Å². The SMILES string of the molecule is COc1ccc(C(=O)c2cccc(Cl)c2F)c(C)c1. The molecule has 0 atom stereocenters. The second-order valence-electron chi connectivity index (χ2n) is 4.11. The second-order valence-corrected chi connectivity index (χ2v) is 4.52. The van der Waals surface area contributed by atoms with Crippen LogP contribution in [0.5, 0.6) is 5.75 Å². The van der Waals surface area contributed by atoms with Gasteiger partial charge >= 0.3 is 0 Å². The number of hydrogen-bond acceptors (Lipinski definition) is 2. The van der Waals surface area contributed by atoms with Gasteiger partial charge in [-0.2, -0.15) is 0 Å². The van der Waals surface area contributed by atoms with Crippen molar-refractivity contribution in [2.45, 2.75) is 6.92 Å². The average Bonchev–Trinajstić information content (AvgIpc) is 2.41. The Labute approximate surface area is 115 Å². The Morgan fingerprint density at radius 3 is 2.58 bits per heavy atom. The molecule has 0 aliphatic heterocycles. The van der Waals surface area contributed by atoms with Crippen molar-refractivity contribution in [1.82, 2.24) is 0 Å². The normalized spacial score (nSPS) is 10.3. The highest BCUT2D eigenvalue weighted by atomic mass is 35.5. The molecule has 0 fully saturated rings. The van der Waals surface area contributed by atoms with Crippen LogP contribution in [0, 0.1) is 12.7 Å². The molecule has 0 radical (unpaired) electrons. The molecular weight excluding hydrogens is 267 g/mol. The topological polar surface area (TPSA) is 26.3 Å². The van der Waals surface area contributed by atoms with Gasteiger partial charge in [-0.3, -0.25) is 4.79 Å². The number of ether oxygens (including phenoxy) is 1. The highest BCUT2D eigenvalue weighted by Crippen LogP contribution is 2.24. The van der Waals surface area contributed by atoms with Crippen LogP contribution < -0.4 is 4.74 Å². The molecule has 0 bridgehead atoms. The number of rotatable bonds is 3. The predicted octanol–water partition coefficient (Wildman–Crippen LogP) is 4.03. The Hall–Kier alpha value is -1.87. The van der Waals surface area contributed by atoms with Crippen molar-refractivity contribution in [1.29, 1.82) is 0 Å². The smallest absolute Gasteiger partial charge is 0.196 e. The number of carbonyl (C=O) groups excluding carboxylic acids is 1. The van der Waals surface area contributed by atoms with Crippen LogP contribution in [0.4, 0.5) is 4.39 Å². The van der Waals surface area contributed by atoms with Crippen LogP contribution in [-0.4, -0.2) is 12.9 Å². The van der Waals surface area contributed by atoms with E-state index in [9.17, 15) is 9.18 Å². The minimum atomic E-state index is -0.690. The quantitative estimate of drug-likeness (QED) is 0.793. The van der Waals surface area contributed by atoms with Gasteiger partial charge in [-0.1, -0.05) is 17.7 Å². The molecule has 0 aromatic heterocycles. The third-order valence-electron chi connectivity index (χ3n) is 2.87. The van der Waals surface area contributed by atoms with Crippen molar-refractivity contribution < 1.29 is 13.9 Å². The lowest BCUT2D eigenvalue weighted by molar-refractivity contribution is 0.103. The van der Waals surface area contributed by atoms with Crippen LogP contribution in [0.15, 0.2) is 36.4 Å². The summed E-state index contributed by atoms with van der Waals surface area (Å²) in [4.78, 5) is 12.3. The van der Waals surface area contributed by atoms with E-state index in [1.54, 1.807) is 38.3 Å². The minimum Gasteiger partial charge on any atom is -0.497 e. The van der Waals surface area contributed by atoms with Crippen LogP contribution in [-0.2, 0) is 0 Å². The molecule has 98 valence electrons. The van der Waals surface area contributed by atoms with Gasteiger partial charge in [0.25, 0.3) is 0 Å². The number of hydrogen-bond donors (Lipinski definition) is 0. The molecule has 0 spiro atoms. The van der Waals surface area contributed by atoms with E-state index in [0.717, 1.165) is 5.56 Å². The molecule has 0 aliphatic rings. The van der Waals surface area contributed by atoms with Gasteiger partial charge in [-0.05, 0) is 42.8 Å². The standard InChI is InChI=1S/C15H12ClFO2/c1-9-8-10(19-2)6-7-11(9)15(18)12-4-3-5-13(16)14(12)17/h3-8H,1-2H3. The second kappa shape index (κ2) is 5.41. The fourth-order valence-corrected chi connectivity index (χ4v) is 2.02. The summed E-state index contributed by atoms with van der Waals surface area (Å²) in [7, 11) is 1.55. The first-order valence-corrected chi connectivity index (χ1v) is 6.05. The minimum absolute atomic E-state index is 0.0271. The Bertz CT molecular complexity index is 638. The summed E-state index contributed by atoms with van der Waals surface area (Å²) in [5.74, 6) is -0.426. The summed E-state index contributed by atoms with van der Waals surface area (Å²) >= 11 is 5.69. The molecular formula is C15H12ClFO2. The number of benzene rings is 2. The first-order valence-electron chi connectivity index (χ1n) is 5.68. The molecule has 0 N–H and O–H groups in total. The third-order valence-corrected chi connectivity index (χ3v) is 3.17. The van der Waals surface area contributed by atoms with Gasteiger partial charge in [-0.25, -0.2) is 4.39 Å². The number of methoxy groups -OCH3 is 1. The van der Waals surface area contributed by atoms with Crippen LogP contribution in [0.25, 0.3) is 0 Å². The molecule has 0 saturated carbocycles. The third kappa shape index (κ3) is 2.61. The van der Waals surface area contributed by atoms with Gasteiger partial charge in [0, 0.05) is 5.56 Å². The summed E-state index contributed by atoms with van der Waals surface area (Å²) in [5.41, 5.74) is 1.13. The fourth-order valence-electron chi connectivity index (χ4n) is 1.84. The zero-order chi connectivity index (χ0) is 14.0. The first-order chi connectivity index (χ1) is 9.04. The Morgan fingerprint density at radius 1 is 1.21 bits per heavy atom. The van der Waals surface area contributed by atoms with Crippen LogP contribution in [0.2, 0.25) is 5.02 Å². The van der Waals surface area contributed by atoms with Gasteiger partial charge in [0.1, 0.15) is 5.75 Å². The van der Waals surface area contributed by atoms with E-state index in [2.05, 4.69) is 0 Å². The number of ketones is 1. The van der Waals surface area contributed by atoms with Crippen molar-refractivity contribution in [3.63, 3.8) is 0 Å². The van der Waals surface area contributed by atoms with E-state index < -0.39 is 5.82 Å². The lowest BCUT2D eigenvalue weighted by Crippen LogP contribution is -2.06. The van der Waals surface area contributed by atoms with Crippen molar-refractivity contribution in [3.8, 4) is 5.75 Å². The number of carbonyl (C=O) groups is 1. The fraction of sp³-hybridized carbons (Fsp3) is 0.133. The average molecular weight is 279 g/mol. The van der Waals surface area contributed by atoms with E-state index in [1.165, 1.54) is 12.1 Å². The summed E-state index contributed by atoms with van der Waals surface area (Å²) < 4.78 is 18.9. The zero-order valence-electron chi connectivity index (χ0n) is 10.5. The van der Waals surface area contributed by atoms with E-state index >= 15 is 0 Å². The summed E-state index contributed by atoms with van der Waals surface area (Å²) in [5, 5.41) is -0.0583. The predicted molar refractivity (Wildman–Crippen MR) is 72.6 cm³/mol. The maximum Gasteiger partial charge on any atom is 0.196 e. The molecule has 4 heteroatoms. The lowest BCUT2D eigenvalue weighted by atomic mass is 9.98. The molecule has 2 aromatic carbocycles. The monoisotopic (exact) mass is 278 g/mol. The van der Waals surface area contributed by atoms with Gasteiger partial charge in [-0.15, -0.1) is 0 Å². The van der Waals surface area contributed by atoms with Gasteiger partial charge in [0.2, 0.25) is 0 Å². The van der Waals surface area contributed by atoms with Gasteiger partial charge in [0.15, 0.2) is 11.6 Å². The lowest BCUT2D eigenvalue weighted by Gasteiger charge is -2.08. The molecule has 0 aliphatic carbocycles. The molecule has 2 nitrogen and oxygen atoms in total. The van der Waals surface area contributed by atoms with Crippen molar-refractivity contribution >= 4 is 17.4 Å². The maximum atomic E-state index is 13.8. The Morgan fingerprint density at radius 2 is 1.95 bits per heavy atom. The molecule has 0 saturated heterocycles. The molecule has 0 unspecified atom stereocenters. The molecule has 19 heavy (non-hydrogen) atoms. The molecule has 0 amide bonds. The number of halogens is 2.